The van der Waals surface area contributed by atoms with Gasteiger partial charge in [0, 0.05) is 40.9 Å². The average Bonchev–Trinajstić information content (AvgIpc) is 3.28. The highest BCUT2D eigenvalue weighted by atomic mass is 32.2. The van der Waals surface area contributed by atoms with Crippen molar-refractivity contribution in [2.75, 3.05) is 5.32 Å². The predicted octanol–water partition coefficient (Wildman–Crippen LogP) is 4.78. The third-order valence-electron chi connectivity index (χ3n) is 6.16. The second kappa shape index (κ2) is 9.91. The van der Waals surface area contributed by atoms with Crippen molar-refractivity contribution in [3.63, 3.8) is 0 Å². The van der Waals surface area contributed by atoms with Crippen LogP contribution in [0.25, 0.3) is 0 Å². The average molecular weight is 497 g/mol. The maximum Gasteiger partial charge on any atom is 0.237 e. The van der Waals surface area contributed by atoms with Gasteiger partial charge in [0.2, 0.25) is 5.91 Å². The Morgan fingerprint density at radius 1 is 0.889 bits per heavy atom. The van der Waals surface area contributed by atoms with Crippen LogP contribution in [0.3, 0.4) is 0 Å². The summed E-state index contributed by atoms with van der Waals surface area (Å²) in [6.45, 7) is 4.51. The highest BCUT2D eigenvalue weighted by Gasteiger charge is 2.29. The van der Waals surface area contributed by atoms with Crippen molar-refractivity contribution in [3.05, 3.63) is 106 Å². The summed E-state index contributed by atoms with van der Waals surface area (Å²) in [4.78, 5) is 38.8. The molecule has 0 saturated heterocycles. The molecular formula is C28H24N4O3S. The Hall–Kier alpha value is -4.04. The molecule has 1 amide bonds. The number of amides is 1. The van der Waals surface area contributed by atoms with E-state index < -0.39 is 5.25 Å². The molecule has 4 aromatic rings. The van der Waals surface area contributed by atoms with Crippen molar-refractivity contribution in [2.24, 2.45) is 0 Å². The fourth-order valence-corrected chi connectivity index (χ4v) is 5.20. The molecule has 1 aliphatic carbocycles. The van der Waals surface area contributed by atoms with Gasteiger partial charge in [0.05, 0.1) is 5.25 Å². The van der Waals surface area contributed by atoms with E-state index in [2.05, 4.69) is 15.5 Å². The fourth-order valence-electron chi connectivity index (χ4n) is 4.27. The first-order valence-corrected chi connectivity index (χ1v) is 12.6. The lowest BCUT2D eigenvalue weighted by atomic mass is 9.84. The Labute approximate surface area is 213 Å². The van der Waals surface area contributed by atoms with Gasteiger partial charge in [0.1, 0.15) is 5.82 Å². The van der Waals surface area contributed by atoms with E-state index in [1.807, 2.05) is 41.8 Å². The van der Waals surface area contributed by atoms with Crippen LogP contribution in [-0.2, 0) is 17.8 Å². The SMILES string of the molecule is CCn1c(Cc2ccccc2)nnc1SC(C)C(=O)Nc1ccc2c(c1)C(=O)c1ccccc1C2=O. The van der Waals surface area contributed by atoms with E-state index in [0.29, 0.717) is 46.1 Å². The van der Waals surface area contributed by atoms with E-state index >= 15 is 0 Å². The van der Waals surface area contributed by atoms with E-state index in [9.17, 15) is 14.4 Å². The summed E-state index contributed by atoms with van der Waals surface area (Å²) >= 11 is 1.33. The minimum atomic E-state index is -0.460. The van der Waals surface area contributed by atoms with Crippen molar-refractivity contribution in [1.29, 1.82) is 0 Å². The Kier molecular flexibility index (Phi) is 6.52. The monoisotopic (exact) mass is 496 g/mol. The lowest BCUT2D eigenvalue weighted by Crippen LogP contribution is -2.24. The zero-order valence-electron chi connectivity index (χ0n) is 19.9. The summed E-state index contributed by atoms with van der Waals surface area (Å²) in [5.74, 6) is 0.204. The van der Waals surface area contributed by atoms with Gasteiger partial charge >= 0.3 is 0 Å². The van der Waals surface area contributed by atoms with Gasteiger partial charge in [-0.2, -0.15) is 0 Å². The normalized spacial score (nSPS) is 13.2. The van der Waals surface area contributed by atoms with E-state index in [1.165, 1.54) is 11.8 Å². The zero-order valence-corrected chi connectivity index (χ0v) is 20.7. The Bertz CT molecular complexity index is 1480. The molecule has 36 heavy (non-hydrogen) atoms. The van der Waals surface area contributed by atoms with Crippen LogP contribution in [0.1, 0.15) is 57.1 Å². The lowest BCUT2D eigenvalue weighted by Gasteiger charge is -2.18. The maximum atomic E-state index is 13.0. The molecule has 1 heterocycles. The first-order valence-electron chi connectivity index (χ1n) is 11.7. The van der Waals surface area contributed by atoms with Crippen molar-refractivity contribution in [3.8, 4) is 0 Å². The van der Waals surface area contributed by atoms with Crippen molar-refractivity contribution in [1.82, 2.24) is 14.8 Å². The number of hydrogen-bond donors (Lipinski definition) is 1. The van der Waals surface area contributed by atoms with Crippen molar-refractivity contribution >= 4 is 34.9 Å². The Morgan fingerprint density at radius 3 is 2.22 bits per heavy atom. The third-order valence-corrected chi connectivity index (χ3v) is 7.24. The fraction of sp³-hybridized carbons (Fsp3) is 0.179. The number of benzene rings is 3. The molecule has 0 aliphatic heterocycles. The molecule has 1 unspecified atom stereocenters. The van der Waals surface area contributed by atoms with Crippen LogP contribution in [0.15, 0.2) is 78.0 Å². The molecule has 0 saturated carbocycles. The van der Waals surface area contributed by atoms with Crippen LogP contribution < -0.4 is 5.32 Å². The second-order valence-electron chi connectivity index (χ2n) is 8.52. The number of carbonyl (C=O) groups is 3. The smallest absolute Gasteiger partial charge is 0.237 e. The Balaban J connectivity index is 1.30. The number of thioether (sulfide) groups is 1. The number of carbonyl (C=O) groups excluding carboxylic acids is 3. The minimum Gasteiger partial charge on any atom is -0.325 e. The van der Waals surface area contributed by atoms with E-state index in [-0.39, 0.29) is 17.5 Å². The summed E-state index contributed by atoms with van der Waals surface area (Å²) in [7, 11) is 0. The number of ketones is 2. The molecule has 0 bridgehead atoms. The van der Waals surface area contributed by atoms with Crippen LogP contribution in [-0.4, -0.2) is 37.5 Å². The van der Waals surface area contributed by atoms with Crippen LogP contribution in [0.4, 0.5) is 5.69 Å². The molecule has 1 atom stereocenters. The number of rotatable bonds is 7. The molecule has 3 aromatic carbocycles. The number of aromatic nitrogens is 3. The van der Waals surface area contributed by atoms with Gasteiger partial charge in [-0.05, 0) is 37.6 Å². The van der Waals surface area contributed by atoms with Crippen LogP contribution in [0, 0.1) is 0 Å². The molecule has 180 valence electrons. The van der Waals surface area contributed by atoms with E-state index in [1.54, 1.807) is 49.4 Å². The number of nitrogens with zero attached hydrogens (tertiary/aromatic N) is 3. The van der Waals surface area contributed by atoms with E-state index in [0.717, 1.165) is 11.4 Å². The maximum absolute atomic E-state index is 13.0. The minimum absolute atomic E-state index is 0.188. The van der Waals surface area contributed by atoms with Crippen LogP contribution >= 0.6 is 11.8 Å². The third kappa shape index (κ3) is 4.47. The second-order valence-corrected chi connectivity index (χ2v) is 9.83. The predicted molar refractivity (Wildman–Crippen MR) is 139 cm³/mol. The molecule has 1 aromatic heterocycles. The van der Waals surface area contributed by atoms with Crippen LogP contribution in [0.5, 0.6) is 0 Å². The first kappa shape index (κ1) is 23.7. The molecule has 0 spiro atoms. The summed E-state index contributed by atoms with van der Waals surface area (Å²) in [5.41, 5.74) is 3.05. The quantitative estimate of drug-likeness (QED) is 0.326. The molecule has 0 fully saturated rings. The van der Waals surface area contributed by atoms with Gasteiger partial charge in [-0.1, -0.05) is 66.4 Å². The number of nitrogens with one attached hydrogen (secondary N) is 1. The van der Waals surface area contributed by atoms with E-state index in [4.69, 9.17) is 0 Å². The number of anilines is 1. The highest BCUT2D eigenvalue weighted by Crippen LogP contribution is 2.30. The molecule has 7 nitrogen and oxygen atoms in total. The topological polar surface area (TPSA) is 93.9 Å². The molecule has 1 N–H and O–H groups in total. The summed E-state index contributed by atoms with van der Waals surface area (Å²) < 4.78 is 2.02. The van der Waals surface area contributed by atoms with Gasteiger partial charge in [-0.15, -0.1) is 10.2 Å². The van der Waals surface area contributed by atoms with Gasteiger partial charge < -0.3 is 9.88 Å². The molecule has 5 rings (SSSR count). The standard InChI is InChI=1S/C28H24N4O3S/c1-3-32-24(15-18-9-5-4-6-10-18)30-31-28(32)36-17(2)27(35)29-19-13-14-22-23(16-19)26(34)21-12-8-7-11-20(21)25(22)33/h4-14,16-17H,3,15H2,1-2H3,(H,29,35). The summed E-state index contributed by atoms with van der Waals surface area (Å²) in [5, 5.41) is 11.8. The van der Waals surface area contributed by atoms with Crippen LogP contribution in [0.2, 0.25) is 0 Å². The first-order chi connectivity index (χ1) is 17.5. The number of fused-ring (bicyclic) bond motifs is 2. The largest absolute Gasteiger partial charge is 0.325 e. The molecule has 0 radical (unpaired) electrons. The Morgan fingerprint density at radius 2 is 1.53 bits per heavy atom. The van der Waals surface area contributed by atoms with Gasteiger partial charge in [-0.25, -0.2) is 0 Å². The highest BCUT2D eigenvalue weighted by molar-refractivity contribution is 8.00. The molecule has 1 aliphatic rings. The molecular weight excluding hydrogens is 472 g/mol. The van der Waals surface area contributed by atoms with Crippen molar-refractivity contribution in [2.45, 2.75) is 37.2 Å². The van der Waals surface area contributed by atoms with Crippen molar-refractivity contribution < 1.29 is 14.4 Å². The van der Waals surface area contributed by atoms with Gasteiger partial charge in [0.25, 0.3) is 0 Å². The van der Waals surface area contributed by atoms with Gasteiger partial charge in [0.15, 0.2) is 16.7 Å². The zero-order chi connectivity index (χ0) is 25.2. The molecule has 8 heteroatoms. The van der Waals surface area contributed by atoms with Gasteiger partial charge in [-0.3, -0.25) is 14.4 Å². The number of hydrogen-bond acceptors (Lipinski definition) is 6. The summed E-state index contributed by atoms with van der Waals surface area (Å²) in [6, 6.07) is 21.7. The summed E-state index contributed by atoms with van der Waals surface area (Å²) in [6.07, 6.45) is 0.661. The lowest BCUT2D eigenvalue weighted by molar-refractivity contribution is -0.115.